The standard InChI is InChI=1S/C20H19ClN4O2S.2ClH.2H2O.Sn/c1-12(22)16-9-8-15(11-17(16)21)25-20(28)24-14-6-4-13(5-7-14)23-19(26)18-3-2-10-27-18;;;;;/h2-12H,22H2,1H3,(H,23,26)(H2,24,25,28);2*1H;2*1H2;/q;;;;;+2/p-2. The Balaban J connectivity index is 0.00000194. The second-order valence-electron chi connectivity index (χ2n) is 6.18. The molecule has 33 heavy (non-hydrogen) atoms. The first-order chi connectivity index (χ1) is 14.8. The van der Waals surface area contributed by atoms with Gasteiger partial charge in [-0.1, -0.05) is 17.7 Å². The predicted molar refractivity (Wildman–Crippen MR) is 142 cm³/mol. The van der Waals surface area contributed by atoms with Crippen molar-refractivity contribution in [2.75, 3.05) is 16.0 Å². The zero-order valence-corrected chi connectivity index (χ0v) is 23.2. The third-order valence-corrected chi connectivity index (χ3v) is 4.43. The van der Waals surface area contributed by atoms with Crippen LogP contribution in [-0.2, 0) is 0 Å². The zero-order valence-electron chi connectivity index (χ0n) is 17.3. The summed E-state index contributed by atoms with van der Waals surface area (Å²) in [5.41, 5.74) is 8.91. The molecule has 0 fully saturated rings. The van der Waals surface area contributed by atoms with E-state index in [1.54, 1.807) is 42.5 Å². The van der Waals surface area contributed by atoms with Gasteiger partial charge in [-0.25, -0.2) is 0 Å². The first kappa shape index (κ1) is 31.4. The monoisotopic (exact) mass is 640 g/mol. The Morgan fingerprint density at radius 2 is 1.52 bits per heavy atom. The van der Waals surface area contributed by atoms with Gasteiger partial charge in [0.1, 0.15) is 0 Å². The molecule has 0 aliphatic carbocycles. The Labute approximate surface area is 219 Å². The van der Waals surface area contributed by atoms with Crippen LogP contribution in [0.3, 0.4) is 0 Å². The number of carbonyl (C=O) groups is 1. The summed E-state index contributed by atoms with van der Waals surface area (Å²) < 4.78 is 5.06. The normalized spacial score (nSPS) is 10.3. The third kappa shape index (κ3) is 10.5. The van der Waals surface area contributed by atoms with Crippen LogP contribution in [0.25, 0.3) is 0 Å². The molecule has 8 nitrogen and oxygen atoms in total. The summed E-state index contributed by atoms with van der Waals surface area (Å²) in [4.78, 5) is 12.0. The number of hydrogen-bond acceptors (Lipinski definition) is 4. The van der Waals surface area contributed by atoms with Crippen LogP contribution in [0, 0.1) is 0 Å². The van der Waals surface area contributed by atoms with E-state index in [4.69, 9.17) is 51.8 Å². The van der Waals surface area contributed by atoms with E-state index in [-0.39, 0.29) is 28.7 Å². The van der Waals surface area contributed by atoms with Crippen molar-refractivity contribution in [1.29, 1.82) is 0 Å². The first-order valence-electron chi connectivity index (χ1n) is 8.88. The number of amides is 1. The Hall–Kier alpha value is -1.57. The van der Waals surface area contributed by atoms with Crippen LogP contribution in [-0.4, -0.2) is 40.9 Å². The Morgan fingerprint density at radius 1 is 1.00 bits per heavy atom. The number of halogens is 3. The van der Waals surface area contributed by atoms with Gasteiger partial charge < -0.3 is 37.1 Å². The summed E-state index contributed by atoms with van der Waals surface area (Å²) in [6.45, 7) is 1.88. The molecule has 13 heteroatoms. The Morgan fingerprint density at radius 3 is 2.00 bits per heavy atom. The molecule has 0 bridgehead atoms. The van der Waals surface area contributed by atoms with Gasteiger partial charge in [0.05, 0.1) is 6.26 Å². The molecule has 9 N–H and O–H groups in total. The minimum atomic E-state index is -0.826. The molecule has 0 aliphatic rings. The van der Waals surface area contributed by atoms with Crippen LogP contribution in [0.5, 0.6) is 0 Å². The van der Waals surface area contributed by atoms with Crippen LogP contribution in [0.4, 0.5) is 17.1 Å². The van der Waals surface area contributed by atoms with Crippen molar-refractivity contribution in [2.24, 2.45) is 5.73 Å². The number of carbonyl (C=O) groups excluding carboxylic acids is 1. The molecule has 3 rings (SSSR count). The van der Waals surface area contributed by atoms with Gasteiger partial charge in [-0.15, -0.1) is 0 Å². The van der Waals surface area contributed by atoms with Crippen LogP contribution in [0.1, 0.15) is 29.1 Å². The average molecular weight is 641 g/mol. The molecule has 1 atom stereocenters. The number of benzene rings is 2. The Bertz CT molecular complexity index is 1010. The molecule has 1 amide bonds. The van der Waals surface area contributed by atoms with E-state index in [0.717, 1.165) is 16.9 Å². The number of anilines is 3. The van der Waals surface area contributed by atoms with Crippen molar-refractivity contribution in [3.8, 4) is 0 Å². The van der Waals surface area contributed by atoms with Crippen molar-refractivity contribution < 1.29 is 20.2 Å². The second-order valence-corrected chi connectivity index (χ2v) is 11.2. The van der Waals surface area contributed by atoms with Gasteiger partial charge in [-0.05, 0) is 73.2 Å². The number of nitrogens with two attached hydrogens (primary N) is 1. The summed E-state index contributed by atoms with van der Waals surface area (Å²) in [6.07, 6.45) is 1.45. The zero-order chi connectivity index (χ0) is 22.8. The summed E-state index contributed by atoms with van der Waals surface area (Å²) in [5.74, 6) is -0.0590. The van der Waals surface area contributed by atoms with Crippen molar-refractivity contribution in [1.82, 2.24) is 0 Å². The molecule has 178 valence electrons. The van der Waals surface area contributed by atoms with E-state index in [1.165, 1.54) is 6.26 Å². The molecule has 0 spiro atoms. The SMILES string of the molecule is CC(N)c1ccc(NC(=S)Nc2ccc(NC(=O)c3ccco3)cc2)cc1Cl.O.O.[Cl][Sn][Cl]. The fraction of sp³-hybridized carbons (Fsp3) is 0.100. The summed E-state index contributed by atoms with van der Waals surface area (Å²) >= 11 is 10.7. The number of thiocarbonyl (C=S) groups is 1. The van der Waals surface area contributed by atoms with Crippen LogP contribution in [0.2, 0.25) is 5.02 Å². The predicted octanol–water partition coefficient (Wildman–Crippen LogP) is 4.36. The van der Waals surface area contributed by atoms with Gasteiger partial charge in [0.15, 0.2) is 10.9 Å². The van der Waals surface area contributed by atoms with Crippen molar-refractivity contribution >= 4 is 88.6 Å². The van der Waals surface area contributed by atoms with E-state index in [0.29, 0.717) is 15.8 Å². The van der Waals surface area contributed by atoms with Crippen LogP contribution < -0.4 is 21.7 Å². The van der Waals surface area contributed by atoms with E-state index in [1.807, 2.05) is 19.1 Å². The number of rotatable bonds is 5. The fourth-order valence-electron chi connectivity index (χ4n) is 2.50. The molecule has 0 saturated carbocycles. The second kappa shape index (κ2) is 16.1. The molecular weight excluding hydrogens is 617 g/mol. The number of nitrogens with one attached hydrogen (secondary N) is 3. The summed E-state index contributed by atoms with van der Waals surface area (Å²) in [7, 11) is 9.87. The van der Waals surface area contributed by atoms with E-state index < -0.39 is 18.9 Å². The molecule has 1 aromatic heterocycles. The van der Waals surface area contributed by atoms with E-state index in [2.05, 4.69) is 16.0 Å². The van der Waals surface area contributed by atoms with Crippen molar-refractivity contribution in [3.05, 3.63) is 77.2 Å². The molecule has 1 unspecified atom stereocenters. The minimum absolute atomic E-state index is 0. The number of hydrogen-bond donors (Lipinski definition) is 4. The third-order valence-electron chi connectivity index (χ3n) is 3.89. The first-order valence-corrected chi connectivity index (χ1v) is 16.9. The van der Waals surface area contributed by atoms with E-state index >= 15 is 0 Å². The summed E-state index contributed by atoms with van der Waals surface area (Å²) in [5, 5.41) is 9.90. The van der Waals surface area contributed by atoms with Gasteiger partial charge in [0.2, 0.25) is 0 Å². The van der Waals surface area contributed by atoms with Gasteiger partial charge >= 0.3 is 36.7 Å². The molecule has 2 radical (unpaired) electrons. The Kier molecular flexibility index (Phi) is 15.4. The fourth-order valence-corrected chi connectivity index (χ4v) is 3.09. The molecule has 0 saturated heterocycles. The number of furan rings is 1. The van der Waals surface area contributed by atoms with Crippen molar-refractivity contribution in [2.45, 2.75) is 13.0 Å². The molecule has 3 aromatic rings. The van der Waals surface area contributed by atoms with Crippen molar-refractivity contribution in [3.63, 3.8) is 0 Å². The maximum atomic E-state index is 12.0. The quantitative estimate of drug-likeness (QED) is 0.240. The molecule has 2 aromatic carbocycles. The average Bonchev–Trinajstić information content (AvgIpc) is 3.25. The molecular formula is C20H23Cl3N4O4SSn. The van der Waals surface area contributed by atoms with Gasteiger partial charge in [-0.3, -0.25) is 4.79 Å². The maximum absolute atomic E-state index is 12.0. The molecule has 0 aliphatic heterocycles. The summed E-state index contributed by atoms with van der Waals surface area (Å²) in [6, 6.07) is 15.8. The van der Waals surface area contributed by atoms with Gasteiger partial charge in [0.25, 0.3) is 5.91 Å². The topological polar surface area (TPSA) is 155 Å². The van der Waals surface area contributed by atoms with Gasteiger partial charge in [-0.2, -0.15) is 0 Å². The van der Waals surface area contributed by atoms with E-state index in [9.17, 15) is 4.79 Å². The van der Waals surface area contributed by atoms with Gasteiger partial charge in [0, 0.05) is 28.1 Å². The van der Waals surface area contributed by atoms with Crippen LogP contribution >= 0.6 is 41.7 Å². The molecule has 1 heterocycles. The van der Waals surface area contributed by atoms with Crippen LogP contribution in [0.15, 0.2) is 65.3 Å².